The summed E-state index contributed by atoms with van der Waals surface area (Å²) in [5.74, 6) is 0.627. The lowest BCUT2D eigenvalue weighted by Gasteiger charge is -2.11. The van der Waals surface area contributed by atoms with Crippen molar-refractivity contribution < 1.29 is 0 Å². The smallest absolute Gasteiger partial charge is 0.263 e. The molecule has 2 aromatic carbocycles. The van der Waals surface area contributed by atoms with Gasteiger partial charge >= 0.3 is 0 Å². The van der Waals surface area contributed by atoms with Crippen LogP contribution in [0, 0.1) is 11.3 Å². The van der Waals surface area contributed by atoms with Gasteiger partial charge in [0.1, 0.15) is 4.83 Å². The molecule has 0 saturated heterocycles. The number of hydrogen-bond donors (Lipinski definition) is 0. The molecule has 0 aliphatic carbocycles. The second-order valence-corrected chi connectivity index (χ2v) is 8.20. The summed E-state index contributed by atoms with van der Waals surface area (Å²) in [6.45, 7) is 4.19. The molecule has 4 nitrogen and oxygen atoms in total. The fraction of sp³-hybridized carbons (Fsp3) is 0.0870. The van der Waals surface area contributed by atoms with Gasteiger partial charge in [-0.05, 0) is 23.3 Å². The zero-order valence-electron chi connectivity index (χ0n) is 15.5. The molecule has 0 aliphatic heterocycles. The van der Waals surface area contributed by atoms with Crippen molar-refractivity contribution in [3.8, 4) is 17.2 Å². The van der Waals surface area contributed by atoms with Crippen molar-refractivity contribution in [1.82, 2.24) is 9.55 Å². The van der Waals surface area contributed by atoms with E-state index in [1.165, 1.54) is 23.1 Å². The molecule has 29 heavy (non-hydrogen) atoms. The second-order valence-electron chi connectivity index (χ2n) is 6.40. The van der Waals surface area contributed by atoms with E-state index in [4.69, 9.17) is 10.2 Å². The minimum Gasteiger partial charge on any atom is -0.283 e. The van der Waals surface area contributed by atoms with Gasteiger partial charge in [0.2, 0.25) is 0 Å². The number of nitriles is 1. The lowest BCUT2D eigenvalue weighted by atomic mass is 10.1. The molecular weight excluding hydrogens is 398 g/mol. The molecule has 142 valence electrons. The maximum Gasteiger partial charge on any atom is 0.263 e. The van der Waals surface area contributed by atoms with Crippen LogP contribution in [0.25, 0.3) is 21.3 Å². The number of rotatable bonds is 6. The third-order valence-electron chi connectivity index (χ3n) is 4.48. The zero-order chi connectivity index (χ0) is 20.2. The Kier molecular flexibility index (Phi) is 5.61. The Morgan fingerprint density at radius 1 is 1.21 bits per heavy atom. The van der Waals surface area contributed by atoms with Crippen molar-refractivity contribution >= 4 is 33.3 Å². The van der Waals surface area contributed by atoms with Crippen LogP contribution >= 0.6 is 23.1 Å². The molecule has 0 radical (unpaired) electrons. The van der Waals surface area contributed by atoms with Crippen molar-refractivity contribution in [3.63, 3.8) is 0 Å². The van der Waals surface area contributed by atoms with E-state index < -0.39 is 0 Å². The predicted octanol–water partition coefficient (Wildman–Crippen LogP) is 5.47. The molecule has 0 N–H and O–H groups in total. The lowest BCUT2D eigenvalue weighted by molar-refractivity contribution is 0.673. The third-order valence-corrected chi connectivity index (χ3v) is 6.40. The molecule has 4 rings (SSSR count). The molecule has 0 fully saturated rings. The van der Waals surface area contributed by atoms with E-state index in [9.17, 15) is 4.79 Å². The second kappa shape index (κ2) is 8.48. The fourth-order valence-corrected chi connectivity index (χ4v) is 5.05. The highest BCUT2D eigenvalue weighted by Crippen LogP contribution is 2.32. The standard InChI is InChI=1S/C23H17N3OS2/c1-2-11-26-22(27)20-19(18-9-4-3-5-10-18)15-28-21(20)25-23(26)29-14-17-8-6-7-16(12-17)13-24/h2-10,12,15H,1,11,14H2. The summed E-state index contributed by atoms with van der Waals surface area (Å²) in [5.41, 5.74) is 3.52. The van der Waals surface area contributed by atoms with E-state index in [1.807, 2.05) is 53.9 Å². The highest BCUT2D eigenvalue weighted by molar-refractivity contribution is 7.98. The molecule has 0 aliphatic rings. The summed E-state index contributed by atoms with van der Waals surface area (Å²) in [5, 5.41) is 12.4. The summed E-state index contributed by atoms with van der Waals surface area (Å²) in [6.07, 6.45) is 1.71. The van der Waals surface area contributed by atoms with E-state index in [0.29, 0.717) is 28.4 Å². The molecule has 0 bridgehead atoms. The molecule has 0 spiro atoms. The number of fused-ring (bicyclic) bond motifs is 1. The average molecular weight is 416 g/mol. The van der Waals surface area contributed by atoms with Crippen LogP contribution in [-0.2, 0) is 12.3 Å². The molecule has 0 atom stereocenters. The van der Waals surface area contributed by atoms with Gasteiger partial charge in [-0.2, -0.15) is 5.26 Å². The summed E-state index contributed by atoms with van der Waals surface area (Å²) in [7, 11) is 0. The summed E-state index contributed by atoms with van der Waals surface area (Å²) in [6, 6.07) is 19.5. The Labute approximate surface area is 176 Å². The summed E-state index contributed by atoms with van der Waals surface area (Å²) in [4.78, 5) is 18.9. The van der Waals surface area contributed by atoms with Gasteiger partial charge in [-0.1, -0.05) is 60.3 Å². The first-order valence-electron chi connectivity index (χ1n) is 9.01. The Balaban J connectivity index is 1.76. The number of thiophene rings is 1. The van der Waals surface area contributed by atoms with Gasteiger partial charge in [-0.3, -0.25) is 9.36 Å². The average Bonchev–Trinajstić information content (AvgIpc) is 3.19. The quantitative estimate of drug-likeness (QED) is 0.238. The van der Waals surface area contributed by atoms with E-state index in [-0.39, 0.29) is 5.56 Å². The monoisotopic (exact) mass is 415 g/mol. The number of aromatic nitrogens is 2. The van der Waals surface area contributed by atoms with Crippen molar-refractivity contribution in [2.75, 3.05) is 0 Å². The Bertz CT molecular complexity index is 1280. The van der Waals surface area contributed by atoms with Crippen LogP contribution < -0.4 is 5.56 Å². The van der Waals surface area contributed by atoms with Crippen molar-refractivity contribution in [3.05, 3.63) is 94.1 Å². The molecule has 2 heterocycles. The maximum atomic E-state index is 13.3. The van der Waals surface area contributed by atoms with Crippen molar-refractivity contribution in [1.29, 1.82) is 5.26 Å². The largest absolute Gasteiger partial charge is 0.283 e. The topological polar surface area (TPSA) is 58.7 Å². The van der Waals surface area contributed by atoms with Crippen molar-refractivity contribution in [2.24, 2.45) is 0 Å². The molecule has 4 aromatic rings. The Hall–Kier alpha value is -3.14. The van der Waals surface area contributed by atoms with Gasteiger partial charge in [-0.25, -0.2) is 4.98 Å². The van der Waals surface area contributed by atoms with Crippen LogP contribution in [-0.4, -0.2) is 9.55 Å². The van der Waals surface area contributed by atoms with E-state index in [2.05, 4.69) is 12.6 Å². The maximum absolute atomic E-state index is 13.3. The van der Waals surface area contributed by atoms with Gasteiger partial charge in [0.05, 0.1) is 17.0 Å². The molecule has 2 aromatic heterocycles. The van der Waals surface area contributed by atoms with Gasteiger partial charge in [0, 0.05) is 23.2 Å². The molecule has 0 amide bonds. The van der Waals surface area contributed by atoms with E-state index >= 15 is 0 Å². The SMILES string of the molecule is C=CCn1c(SCc2cccc(C#N)c2)nc2scc(-c3ccccc3)c2c1=O. The fourth-order valence-electron chi connectivity index (χ4n) is 3.11. The number of hydrogen-bond acceptors (Lipinski definition) is 5. The normalized spacial score (nSPS) is 10.7. The number of nitrogens with zero attached hydrogens (tertiary/aromatic N) is 3. The number of allylic oxidation sites excluding steroid dienone is 1. The number of benzene rings is 2. The van der Waals surface area contributed by atoms with Crippen LogP contribution in [0.2, 0.25) is 0 Å². The molecule has 0 unspecified atom stereocenters. The third kappa shape index (κ3) is 3.88. The molecule has 0 saturated carbocycles. The van der Waals surface area contributed by atoms with Crippen LogP contribution in [0.4, 0.5) is 0 Å². The lowest BCUT2D eigenvalue weighted by Crippen LogP contribution is -2.22. The first-order valence-corrected chi connectivity index (χ1v) is 10.9. The summed E-state index contributed by atoms with van der Waals surface area (Å²) >= 11 is 2.98. The van der Waals surface area contributed by atoms with Crippen LogP contribution in [0.1, 0.15) is 11.1 Å². The van der Waals surface area contributed by atoms with Crippen molar-refractivity contribution in [2.45, 2.75) is 17.5 Å². The number of thioether (sulfide) groups is 1. The van der Waals surface area contributed by atoms with E-state index in [1.54, 1.807) is 16.7 Å². The minimum absolute atomic E-state index is 0.0525. The predicted molar refractivity (Wildman–Crippen MR) is 120 cm³/mol. The van der Waals surface area contributed by atoms with E-state index in [0.717, 1.165) is 21.5 Å². The van der Waals surface area contributed by atoms with Crippen LogP contribution in [0.5, 0.6) is 0 Å². The zero-order valence-corrected chi connectivity index (χ0v) is 17.2. The molecular formula is C23H17N3OS2. The van der Waals surface area contributed by atoms with Gasteiger partial charge in [-0.15, -0.1) is 17.9 Å². The highest BCUT2D eigenvalue weighted by Gasteiger charge is 2.17. The van der Waals surface area contributed by atoms with Crippen LogP contribution in [0.3, 0.4) is 0 Å². The first kappa shape index (κ1) is 19.2. The van der Waals surface area contributed by atoms with Gasteiger partial charge in [0.15, 0.2) is 5.16 Å². The van der Waals surface area contributed by atoms with Gasteiger partial charge in [0.25, 0.3) is 5.56 Å². The first-order chi connectivity index (χ1) is 14.2. The molecule has 6 heteroatoms. The Morgan fingerprint density at radius 3 is 2.79 bits per heavy atom. The Morgan fingerprint density at radius 2 is 2.03 bits per heavy atom. The summed E-state index contributed by atoms with van der Waals surface area (Å²) < 4.78 is 1.67. The van der Waals surface area contributed by atoms with Crippen LogP contribution in [0.15, 0.2) is 82.6 Å². The minimum atomic E-state index is -0.0525. The van der Waals surface area contributed by atoms with Gasteiger partial charge < -0.3 is 0 Å². The highest BCUT2D eigenvalue weighted by atomic mass is 32.2.